The van der Waals surface area contributed by atoms with Gasteiger partial charge < -0.3 is 37.4 Å². The summed E-state index contributed by atoms with van der Waals surface area (Å²) >= 11 is 0. The van der Waals surface area contributed by atoms with E-state index in [1.807, 2.05) is 0 Å². The molecule has 9 N–H and O–H groups in total. The number of carboxylic acid groups (broad SMARTS) is 3. The second kappa shape index (κ2) is 12.5. The largest absolute Gasteiger partial charge is 0.480 e. The molecule has 0 heterocycles. The summed E-state index contributed by atoms with van der Waals surface area (Å²) in [4.78, 5) is 56.6. The lowest BCUT2D eigenvalue weighted by Crippen LogP contribution is -2.50. The van der Waals surface area contributed by atoms with Gasteiger partial charge in [-0.25, -0.2) is 0 Å². The number of carboxylic acids is 3. The average Bonchev–Trinajstić information content (AvgIpc) is 2.62. The van der Waals surface area contributed by atoms with Gasteiger partial charge in [-0.05, 0) is 20.3 Å². The van der Waals surface area contributed by atoms with Crippen LogP contribution in [0.5, 0.6) is 0 Å². The molecule has 0 aliphatic rings. The van der Waals surface area contributed by atoms with Crippen molar-refractivity contribution in [1.82, 2.24) is 10.6 Å². The van der Waals surface area contributed by atoms with Crippen LogP contribution in [0.3, 0.4) is 0 Å². The fourth-order valence-corrected chi connectivity index (χ4v) is 4.53. The minimum absolute atomic E-state index is 0.0113. The first-order valence-electron chi connectivity index (χ1n) is 8.34. The highest BCUT2D eigenvalue weighted by Gasteiger charge is 2.34. The summed E-state index contributed by atoms with van der Waals surface area (Å²) in [5.41, 5.74) is 10.9. The van der Waals surface area contributed by atoms with Gasteiger partial charge in [-0.1, -0.05) is 21.6 Å². The van der Waals surface area contributed by atoms with E-state index in [-0.39, 0.29) is 18.6 Å². The van der Waals surface area contributed by atoms with E-state index < -0.39 is 59.1 Å². The molecule has 0 aromatic rings. The molecule has 12 nitrogen and oxygen atoms in total. The van der Waals surface area contributed by atoms with E-state index in [1.54, 1.807) is 13.8 Å². The third-order valence-corrected chi connectivity index (χ3v) is 6.91. The molecule has 0 rings (SSSR count). The lowest BCUT2D eigenvalue weighted by Gasteiger charge is -2.28. The van der Waals surface area contributed by atoms with Crippen molar-refractivity contribution in [3.05, 3.63) is 0 Å². The van der Waals surface area contributed by atoms with Crippen molar-refractivity contribution in [1.29, 1.82) is 0 Å². The first kappa shape index (κ1) is 27.0. The number of amides is 2. The number of carbonyl (C=O) groups excluding carboxylic acids is 2. The van der Waals surface area contributed by atoms with Gasteiger partial charge in [0.15, 0.2) is 0 Å². The molecule has 0 fully saturated rings. The molecule has 0 aliphatic heterocycles. The van der Waals surface area contributed by atoms with E-state index in [0.29, 0.717) is 0 Å². The Morgan fingerprint density at radius 1 is 1.03 bits per heavy atom. The zero-order chi connectivity index (χ0) is 22.8. The number of carbonyl (C=O) groups is 5. The van der Waals surface area contributed by atoms with Gasteiger partial charge in [-0.3, -0.25) is 24.0 Å². The molecule has 14 heteroatoms. The van der Waals surface area contributed by atoms with E-state index in [0.717, 1.165) is 21.6 Å². The molecule has 0 bridgehead atoms. The zero-order valence-electron chi connectivity index (χ0n) is 15.9. The maximum Gasteiger partial charge on any atom is 0.322 e. The van der Waals surface area contributed by atoms with Gasteiger partial charge in [0.2, 0.25) is 11.8 Å². The Morgan fingerprint density at radius 3 is 2.10 bits per heavy atom. The molecule has 0 saturated heterocycles. The number of nitrogens with one attached hydrogen (secondary N) is 2. The van der Waals surface area contributed by atoms with E-state index in [9.17, 15) is 24.0 Å². The average molecular weight is 455 g/mol. The molecule has 3 unspecified atom stereocenters. The van der Waals surface area contributed by atoms with Crippen LogP contribution < -0.4 is 22.1 Å². The number of nitrogens with two attached hydrogens (primary N) is 2. The molecule has 29 heavy (non-hydrogen) atoms. The van der Waals surface area contributed by atoms with Gasteiger partial charge in [-0.2, -0.15) is 0 Å². The number of hydrogen-bond acceptors (Lipinski definition) is 9. The molecule has 166 valence electrons. The van der Waals surface area contributed by atoms with Gasteiger partial charge in [0.25, 0.3) is 0 Å². The first-order valence-corrected chi connectivity index (χ1v) is 10.7. The minimum atomic E-state index is -1.27. The number of hydrogen-bond donors (Lipinski definition) is 7. The first-order chi connectivity index (χ1) is 13.3. The third kappa shape index (κ3) is 10.9. The highest BCUT2D eigenvalue weighted by molar-refractivity contribution is 8.77. The summed E-state index contributed by atoms with van der Waals surface area (Å²) < 4.78 is -0.892. The smallest absolute Gasteiger partial charge is 0.322 e. The molecule has 0 radical (unpaired) electrons. The molecular formula is C15H26N4O8S2. The second-order valence-corrected chi connectivity index (χ2v) is 9.50. The van der Waals surface area contributed by atoms with Crippen LogP contribution in [0, 0.1) is 0 Å². The van der Waals surface area contributed by atoms with Gasteiger partial charge in [-0.15, -0.1) is 0 Å². The van der Waals surface area contributed by atoms with Gasteiger partial charge in [0, 0.05) is 16.9 Å². The fourth-order valence-electron chi connectivity index (χ4n) is 1.75. The monoisotopic (exact) mass is 454 g/mol. The Kier molecular flexibility index (Phi) is 11.6. The maximum atomic E-state index is 12.2. The molecule has 2 amide bonds. The molecule has 0 saturated carbocycles. The summed E-state index contributed by atoms with van der Waals surface area (Å²) in [5, 5.41) is 31.0. The minimum Gasteiger partial charge on any atom is -0.480 e. The Morgan fingerprint density at radius 2 is 1.62 bits per heavy atom. The number of rotatable bonds is 14. The van der Waals surface area contributed by atoms with Crippen molar-refractivity contribution >= 4 is 51.3 Å². The van der Waals surface area contributed by atoms with Crippen LogP contribution in [0.1, 0.15) is 26.7 Å². The van der Waals surface area contributed by atoms with Crippen molar-refractivity contribution < 1.29 is 39.3 Å². The quantitative estimate of drug-likeness (QED) is 0.148. The van der Waals surface area contributed by atoms with Crippen molar-refractivity contribution in [3.63, 3.8) is 0 Å². The molecule has 0 aliphatic carbocycles. The van der Waals surface area contributed by atoms with Crippen molar-refractivity contribution in [2.75, 3.05) is 12.3 Å². The van der Waals surface area contributed by atoms with Crippen LogP contribution in [0.4, 0.5) is 0 Å². The topological polar surface area (TPSA) is 222 Å². The van der Waals surface area contributed by atoms with Crippen LogP contribution in [-0.4, -0.2) is 80.2 Å². The van der Waals surface area contributed by atoms with Crippen LogP contribution in [-0.2, 0) is 24.0 Å². The van der Waals surface area contributed by atoms with E-state index in [2.05, 4.69) is 10.6 Å². The fraction of sp³-hybridized carbons (Fsp3) is 0.667. The highest BCUT2D eigenvalue weighted by atomic mass is 33.1. The zero-order valence-corrected chi connectivity index (χ0v) is 17.5. The summed E-state index contributed by atoms with van der Waals surface area (Å²) in [6, 6.07) is -3.54. The molecular weight excluding hydrogens is 428 g/mol. The SMILES string of the molecule is CC(C)(SSCC(NC(=O)CCC(N)C(=O)O)C(=O)NCC(=O)O)C(N)C(=O)O. The summed E-state index contributed by atoms with van der Waals surface area (Å²) in [7, 11) is 2.18. The summed E-state index contributed by atoms with van der Waals surface area (Å²) in [6.07, 6.45) is -0.392. The molecule has 0 aromatic heterocycles. The van der Waals surface area contributed by atoms with Crippen molar-refractivity contribution in [2.24, 2.45) is 11.5 Å². The molecule has 0 spiro atoms. The van der Waals surface area contributed by atoms with Gasteiger partial charge >= 0.3 is 17.9 Å². The lowest BCUT2D eigenvalue weighted by atomic mass is 10.1. The highest BCUT2D eigenvalue weighted by Crippen LogP contribution is 2.37. The molecule has 3 atom stereocenters. The summed E-state index contributed by atoms with van der Waals surface area (Å²) in [6.45, 7) is 2.56. The predicted molar refractivity (Wildman–Crippen MR) is 107 cm³/mol. The Balaban J connectivity index is 4.91. The van der Waals surface area contributed by atoms with Crippen LogP contribution in [0.2, 0.25) is 0 Å². The third-order valence-electron chi connectivity index (χ3n) is 3.59. The molecule has 0 aromatic carbocycles. The van der Waals surface area contributed by atoms with Crippen LogP contribution in [0.15, 0.2) is 0 Å². The normalized spacial score (nSPS) is 14.3. The standard InChI is InChI=1S/C15H26N4O8S2/c1-15(2,11(17)14(26)27)29-28-6-8(12(23)18-5-10(21)22)19-9(20)4-3-7(16)13(24)25/h7-8,11H,3-6,16-17H2,1-2H3,(H,18,23)(H,19,20)(H,21,22)(H,24,25)(H,26,27). The van der Waals surface area contributed by atoms with Crippen LogP contribution in [0.25, 0.3) is 0 Å². The Labute approximate surface area is 174 Å². The van der Waals surface area contributed by atoms with E-state index in [1.165, 1.54) is 0 Å². The Hall–Kier alpha value is -2.03. The van der Waals surface area contributed by atoms with E-state index in [4.69, 9.17) is 26.8 Å². The van der Waals surface area contributed by atoms with Crippen molar-refractivity contribution in [3.8, 4) is 0 Å². The predicted octanol–water partition coefficient (Wildman–Crippen LogP) is -1.56. The van der Waals surface area contributed by atoms with Crippen LogP contribution >= 0.6 is 21.6 Å². The number of aliphatic carboxylic acids is 3. The Bertz CT molecular complexity index is 631. The van der Waals surface area contributed by atoms with Gasteiger partial charge in [0.05, 0.1) is 0 Å². The summed E-state index contributed by atoms with van der Waals surface area (Å²) in [5.74, 6) is -5.13. The van der Waals surface area contributed by atoms with Crippen molar-refractivity contribution in [2.45, 2.75) is 49.6 Å². The maximum absolute atomic E-state index is 12.2. The second-order valence-electron chi connectivity index (χ2n) is 6.50. The van der Waals surface area contributed by atoms with Gasteiger partial charge in [0.1, 0.15) is 24.7 Å². The lowest BCUT2D eigenvalue weighted by molar-refractivity contribution is -0.140. The van der Waals surface area contributed by atoms with E-state index >= 15 is 0 Å².